The molecular weight excluding hydrogens is 126 g/mol. The second kappa shape index (κ2) is 2.02. The zero-order chi connectivity index (χ0) is 6.97. The van der Waals surface area contributed by atoms with Gasteiger partial charge in [-0.15, -0.1) is 0 Å². The van der Waals surface area contributed by atoms with Crippen LogP contribution in [0, 0.1) is 6.92 Å². The highest BCUT2D eigenvalue weighted by Crippen LogP contribution is 2.08. The highest BCUT2D eigenvalue weighted by Gasteiger charge is 2.11. The highest BCUT2D eigenvalue weighted by molar-refractivity contribution is 5.16. The van der Waals surface area contributed by atoms with Crippen LogP contribution in [0.2, 0.25) is 0 Å². The lowest BCUT2D eigenvalue weighted by Crippen LogP contribution is -2.00. The van der Waals surface area contributed by atoms with E-state index in [9.17, 15) is 0 Å². The van der Waals surface area contributed by atoms with E-state index in [-0.39, 0.29) is 0 Å². The van der Waals surface area contributed by atoms with Gasteiger partial charge in [-0.25, -0.2) is 0 Å². The van der Waals surface area contributed by atoms with E-state index in [1.54, 1.807) is 0 Å². The second-order valence-corrected chi connectivity index (χ2v) is 2.51. The van der Waals surface area contributed by atoms with Gasteiger partial charge in [0.05, 0.1) is 17.1 Å². The average Bonchev–Trinajstić information content (AvgIpc) is 2.33. The van der Waals surface area contributed by atoms with Crippen molar-refractivity contribution in [3.05, 3.63) is 23.3 Å². The van der Waals surface area contributed by atoms with Crippen molar-refractivity contribution in [2.45, 2.75) is 20.0 Å². The van der Waals surface area contributed by atoms with Crippen LogP contribution in [0.25, 0.3) is 0 Å². The summed E-state index contributed by atoms with van der Waals surface area (Å²) in [7, 11) is 0. The Bertz CT molecular complexity index is 257. The third kappa shape index (κ3) is 0.789. The van der Waals surface area contributed by atoms with Gasteiger partial charge in [-0.05, 0) is 6.92 Å². The van der Waals surface area contributed by atoms with E-state index in [2.05, 4.69) is 15.3 Å². The van der Waals surface area contributed by atoms with Crippen LogP contribution in [0.3, 0.4) is 0 Å². The van der Waals surface area contributed by atoms with Crippen LogP contribution in [-0.4, -0.2) is 9.97 Å². The number of aromatic nitrogens is 2. The Labute approximate surface area is 59.5 Å². The highest BCUT2D eigenvalue weighted by atomic mass is 15.0. The second-order valence-electron chi connectivity index (χ2n) is 2.51. The molecule has 0 bridgehead atoms. The van der Waals surface area contributed by atoms with Crippen molar-refractivity contribution in [2.24, 2.45) is 0 Å². The molecule has 1 aromatic heterocycles. The van der Waals surface area contributed by atoms with E-state index in [1.807, 2.05) is 13.1 Å². The zero-order valence-corrected chi connectivity index (χ0v) is 5.89. The number of nitrogens with one attached hydrogen (secondary N) is 1. The Morgan fingerprint density at radius 1 is 1.40 bits per heavy atom. The van der Waals surface area contributed by atoms with Crippen LogP contribution in [-0.2, 0) is 13.1 Å². The first-order chi connectivity index (χ1) is 4.86. The molecule has 3 heteroatoms. The van der Waals surface area contributed by atoms with Gasteiger partial charge >= 0.3 is 0 Å². The normalized spacial score (nSPS) is 15.3. The summed E-state index contributed by atoms with van der Waals surface area (Å²) in [5.41, 5.74) is 3.22. The van der Waals surface area contributed by atoms with Gasteiger partial charge in [0.1, 0.15) is 0 Å². The zero-order valence-electron chi connectivity index (χ0n) is 5.89. The number of hydrogen-bond acceptors (Lipinski definition) is 3. The van der Waals surface area contributed by atoms with E-state index in [1.165, 1.54) is 0 Å². The molecule has 1 aliphatic heterocycles. The summed E-state index contributed by atoms with van der Waals surface area (Å²) in [6.07, 6.45) is 1.81. The largest absolute Gasteiger partial charge is 0.305 e. The summed E-state index contributed by atoms with van der Waals surface area (Å²) in [5.74, 6) is 0. The van der Waals surface area contributed by atoms with Crippen LogP contribution in [0.15, 0.2) is 6.20 Å². The minimum absolute atomic E-state index is 0.878. The van der Waals surface area contributed by atoms with Gasteiger partial charge in [0.15, 0.2) is 0 Å². The molecule has 0 aliphatic carbocycles. The van der Waals surface area contributed by atoms with E-state index in [0.717, 1.165) is 30.2 Å². The fraction of sp³-hybridized carbons (Fsp3) is 0.429. The number of fused-ring (bicyclic) bond motifs is 1. The molecule has 1 N–H and O–H groups in total. The molecule has 0 atom stereocenters. The van der Waals surface area contributed by atoms with Gasteiger partial charge in [-0.3, -0.25) is 9.97 Å². The Morgan fingerprint density at radius 3 is 3.10 bits per heavy atom. The maximum Gasteiger partial charge on any atom is 0.0773 e. The van der Waals surface area contributed by atoms with E-state index in [0.29, 0.717) is 0 Å². The fourth-order valence-electron chi connectivity index (χ4n) is 1.14. The van der Waals surface area contributed by atoms with Crippen molar-refractivity contribution in [2.75, 3.05) is 0 Å². The standard InChI is InChI=1S/C7H9N3/c1-5-2-9-6-3-8-4-7(6)10-5/h2,8H,3-4H2,1H3. The lowest BCUT2D eigenvalue weighted by Gasteiger charge is -1.95. The Hall–Kier alpha value is -0.960. The monoisotopic (exact) mass is 135 g/mol. The van der Waals surface area contributed by atoms with Gasteiger partial charge < -0.3 is 5.32 Å². The number of rotatable bonds is 0. The smallest absolute Gasteiger partial charge is 0.0773 e. The van der Waals surface area contributed by atoms with E-state index in [4.69, 9.17) is 0 Å². The molecule has 3 nitrogen and oxygen atoms in total. The SMILES string of the molecule is Cc1cnc2c(n1)CNC2. The summed E-state index contributed by atoms with van der Waals surface area (Å²) in [6.45, 7) is 3.72. The first kappa shape index (κ1) is 5.80. The maximum atomic E-state index is 4.33. The molecule has 0 unspecified atom stereocenters. The minimum atomic E-state index is 0.878. The van der Waals surface area contributed by atoms with Crippen molar-refractivity contribution in [3.63, 3.8) is 0 Å². The topological polar surface area (TPSA) is 37.8 Å². The van der Waals surface area contributed by atoms with Gasteiger partial charge in [0, 0.05) is 19.3 Å². The van der Waals surface area contributed by atoms with Crippen molar-refractivity contribution < 1.29 is 0 Å². The van der Waals surface area contributed by atoms with Crippen LogP contribution in [0.1, 0.15) is 17.1 Å². The predicted octanol–water partition coefficient (Wildman–Crippen LogP) is 0.388. The van der Waals surface area contributed by atoms with Gasteiger partial charge in [0.25, 0.3) is 0 Å². The quantitative estimate of drug-likeness (QED) is 0.559. The molecule has 0 saturated carbocycles. The summed E-state index contributed by atoms with van der Waals surface area (Å²) >= 11 is 0. The van der Waals surface area contributed by atoms with Crippen molar-refractivity contribution >= 4 is 0 Å². The maximum absolute atomic E-state index is 4.33. The third-order valence-corrected chi connectivity index (χ3v) is 1.64. The summed E-state index contributed by atoms with van der Waals surface area (Å²) in [5, 5.41) is 3.19. The van der Waals surface area contributed by atoms with Gasteiger partial charge in [0.2, 0.25) is 0 Å². The Balaban J connectivity index is 2.52. The minimum Gasteiger partial charge on any atom is -0.305 e. The molecule has 0 amide bonds. The molecule has 2 rings (SSSR count). The Kier molecular flexibility index (Phi) is 1.17. The predicted molar refractivity (Wildman–Crippen MR) is 37.3 cm³/mol. The molecule has 0 saturated heterocycles. The molecular formula is C7H9N3. The number of aryl methyl sites for hydroxylation is 1. The average molecular weight is 135 g/mol. The third-order valence-electron chi connectivity index (χ3n) is 1.64. The van der Waals surface area contributed by atoms with Crippen molar-refractivity contribution in [1.29, 1.82) is 0 Å². The lowest BCUT2D eigenvalue weighted by molar-refractivity contribution is 0.752. The lowest BCUT2D eigenvalue weighted by atomic mass is 10.3. The van der Waals surface area contributed by atoms with E-state index < -0.39 is 0 Å². The molecule has 2 heterocycles. The molecule has 1 aliphatic rings. The van der Waals surface area contributed by atoms with E-state index >= 15 is 0 Å². The summed E-state index contributed by atoms with van der Waals surface area (Å²) in [4.78, 5) is 8.56. The van der Waals surface area contributed by atoms with Gasteiger partial charge in [-0.2, -0.15) is 0 Å². The molecule has 10 heavy (non-hydrogen) atoms. The summed E-state index contributed by atoms with van der Waals surface area (Å²) in [6, 6.07) is 0. The first-order valence-electron chi connectivity index (χ1n) is 3.38. The van der Waals surface area contributed by atoms with Crippen LogP contribution in [0.4, 0.5) is 0 Å². The van der Waals surface area contributed by atoms with Crippen LogP contribution < -0.4 is 5.32 Å². The Morgan fingerprint density at radius 2 is 2.20 bits per heavy atom. The first-order valence-corrected chi connectivity index (χ1v) is 3.38. The number of nitrogens with zero attached hydrogens (tertiary/aromatic N) is 2. The van der Waals surface area contributed by atoms with Gasteiger partial charge in [-0.1, -0.05) is 0 Å². The van der Waals surface area contributed by atoms with Crippen molar-refractivity contribution in [1.82, 2.24) is 15.3 Å². The molecule has 52 valence electrons. The molecule has 1 aromatic rings. The summed E-state index contributed by atoms with van der Waals surface area (Å²) < 4.78 is 0. The van der Waals surface area contributed by atoms with Crippen molar-refractivity contribution in [3.8, 4) is 0 Å². The fourth-order valence-corrected chi connectivity index (χ4v) is 1.14. The van der Waals surface area contributed by atoms with Crippen LogP contribution >= 0.6 is 0 Å². The number of hydrogen-bond donors (Lipinski definition) is 1. The van der Waals surface area contributed by atoms with Crippen LogP contribution in [0.5, 0.6) is 0 Å². The molecule has 0 spiro atoms. The molecule has 0 aromatic carbocycles. The molecule has 0 radical (unpaired) electrons. The molecule has 0 fully saturated rings.